The van der Waals surface area contributed by atoms with E-state index in [1.807, 2.05) is 0 Å². The number of carbonyl (C=O) groups is 2. The standard InChI is InChI=1S/C4H4Br2O2/c1-2(7)3(5)4(6)8/h3H,1H3. The van der Waals surface area contributed by atoms with E-state index in [0.717, 1.165) is 0 Å². The van der Waals surface area contributed by atoms with Crippen LogP contribution in [0, 0.1) is 0 Å². The fraction of sp³-hybridized carbons (Fsp3) is 0.500. The molecule has 0 N–H and O–H groups in total. The summed E-state index contributed by atoms with van der Waals surface area (Å²) < 4.78 is -0.329. The zero-order valence-electron chi connectivity index (χ0n) is 4.15. The Balaban J connectivity index is 3.83. The molecule has 0 radical (unpaired) electrons. The highest BCUT2D eigenvalue weighted by Gasteiger charge is 2.15. The molecule has 1 unspecified atom stereocenters. The number of Topliss-reactive ketones (excluding diaryl/α,β-unsaturated/α-hetero) is 1. The highest BCUT2D eigenvalue weighted by atomic mass is 79.9. The normalized spacial score (nSPS) is 12.9. The summed E-state index contributed by atoms with van der Waals surface area (Å²) in [5, 5.41) is 0. The first kappa shape index (κ1) is 8.30. The van der Waals surface area contributed by atoms with Crippen molar-refractivity contribution in [2.75, 3.05) is 0 Å². The Kier molecular flexibility index (Phi) is 3.48. The van der Waals surface area contributed by atoms with Gasteiger partial charge in [-0.2, -0.15) is 0 Å². The summed E-state index contributed by atoms with van der Waals surface area (Å²) in [6.45, 7) is 1.35. The van der Waals surface area contributed by atoms with Gasteiger partial charge in [0.15, 0.2) is 5.78 Å². The predicted octanol–water partition coefficient (Wildman–Crippen LogP) is 1.26. The maximum Gasteiger partial charge on any atom is 0.218 e. The van der Waals surface area contributed by atoms with E-state index >= 15 is 0 Å². The van der Waals surface area contributed by atoms with Crippen LogP contribution >= 0.6 is 31.9 Å². The predicted molar refractivity (Wildman–Crippen MR) is 37.3 cm³/mol. The van der Waals surface area contributed by atoms with E-state index in [1.54, 1.807) is 0 Å². The van der Waals surface area contributed by atoms with Gasteiger partial charge in [0, 0.05) is 0 Å². The molecular formula is C4H4Br2O2. The molecule has 0 aliphatic carbocycles. The van der Waals surface area contributed by atoms with Crippen LogP contribution in [0.25, 0.3) is 0 Å². The van der Waals surface area contributed by atoms with Crippen LogP contribution in [0.3, 0.4) is 0 Å². The van der Waals surface area contributed by atoms with Crippen molar-refractivity contribution < 1.29 is 9.59 Å². The SMILES string of the molecule is CC(=O)C(Br)C(=O)Br. The van der Waals surface area contributed by atoms with E-state index in [4.69, 9.17) is 0 Å². The van der Waals surface area contributed by atoms with Crippen molar-refractivity contribution in [3.63, 3.8) is 0 Å². The highest BCUT2D eigenvalue weighted by molar-refractivity contribution is 9.20. The lowest BCUT2D eigenvalue weighted by Gasteiger charge is -1.93. The van der Waals surface area contributed by atoms with Crippen molar-refractivity contribution in [1.82, 2.24) is 0 Å². The lowest BCUT2D eigenvalue weighted by atomic mass is 10.3. The van der Waals surface area contributed by atoms with Gasteiger partial charge in [-0.3, -0.25) is 9.59 Å². The fourth-order valence-electron chi connectivity index (χ4n) is 0.160. The van der Waals surface area contributed by atoms with Crippen molar-refractivity contribution in [2.45, 2.75) is 11.8 Å². The van der Waals surface area contributed by atoms with Crippen LogP contribution in [0.2, 0.25) is 0 Å². The monoisotopic (exact) mass is 242 g/mol. The highest BCUT2D eigenvalue weighted by Crippen LogP contribution is 2.05. The molecule has 46 valence electrons. The van der Waals surface area contributed by atoms with E-state index in [2.05, 4.69) is 31.9 Å². The van der Waals surface area contributed by atoms with Gasteiger partial charge in [0.2, 0.25) is 4.69 Å². The summed E-state index contributed by atoms with van der Waals surface area (Å²) in [5.41, 5.74) is 0. The quantitative estimate of drug-likeness (QED) is 0.416. The zero-order valence-corrected chi connectivity index (χ0v) is 7.32. The van der Waals surface area contributed by atoms with Gasteiger partial charge in [0.1, 0.15) is 4.83 Å². The number of carbonyl (C=O) groups excluding carboxylic acids is 2. The Labute approximate surface area is 63.9 Å². The molecule has 0 saturated carbocycles. The maximum atomic E-state index is 10.3. The summed E-state index contributed by atoms with van der Waals surface area (Å²) in [6.07, 6.45) is 0. The van der Waals surface area contributed by atoms with Gasteiger partial charge in [-0.1, -0.05) is 15.9 Å². The van der Waals surface area contributed by atoms with E-state index in [0.29, 0.717) is 0 Å². The van der Waals surface area contributed by atoms with Gasteiger partial charge in [-0.15, -0.1) is 0 Å². The number of hydrogen-bond donors (Lipinski definition) is 0. The Morgan fingerprint density at radius 1 is 1.50 bits per heavy atom. The zero-order chi connectivity index (χ0) is 6.73. The van der Waals surface area contributed by atoms with E-state index in [1.165, 1.54) is 6.92 Å². The Morgan fingerprint density at radius 2 is 1.88 bits per heavy atom. The van der Waals surface area contributed by atoms with Crippen molar-refractivity contribution in [3.05, 3.63) is 0 Å². The van der Waals surface area contributed by atoms with Crippen molar-refractivity contribution >= 4 is 42.3 Å². The van der Waals surface area contributed by atoms with Crippen LogP contribution in [-0.2, 0) is 9.59 Å². The minimum absolute atomic E-state index is 0.188. The molecule has 0 amide bonds. The van der Waals surface area contributed by atoms with Gasteiger partial charge in [0.05, 0.1) is 0 Å². The lowest BCUT2D eigenvalue weighted by molar-refractivity contribution is -0.120. The van der Waals surface area contributed by atoms with Crippen molar-refractivity contribution in [2.24, 2.45) is 0 Å². The third kappa shape index (κ3) is 2.57. The Morgan fingerprint density at radius 3 is 1.88 bits per heavy atom. The molecule has 0 rings (SSSR count). The van der Waals surface area contributed by atoms with Crippen LogP contribution in [-0.4, -0.2) is 15.3 Å². The van der Waals surface area contributed by atoms with Crippen molar-refractivity contribution in [1.29, 1.82) is 0 Å². The molecule has 0 fully saturated rings. The summed E-state index contributed by atoms with van der Waals surface area (Å²) >= 11 is 5.49. The number of ketones is 1. The molecule has 0 aromatic heterocycles. The van der Waals surface area contributed by atoms with E-state index < -0.39 is 4.83 Å². The lowest BCUT2D eigenvalue weighted by Crippen LogP contribution is -2.15. The summed E-state index contributed by atoms with van der Waals surface area (Å²) in [5.74, 6) is -0.188. The smallest absolute Gasteiger partial charge is 0.218 e. The first-order valence-electron chi connectivity index (χ1n) is 1.89. The summed E-state index contributed by atoms with van der Waals surface area (Å²) in [6, 6.07) is 0. The second kappa shape index (κ2) is 3.35. The van der Waals surface area contributed by atoms with Gasteiger partial charge >= 0.3 is 0 Å². The van der Waals surface area contributed by atoms with Gasteiger partial charge in [-0.25, -0.2) is 0 Å². The third-order valence-corrected chi connectivity index (χ3v) is 2.69. The van der Waals surface area contributed by atoms with Crippen LogP contribution in [0.1, 0.15) is 6.92 Å². The molecule has 0 bridgehead atoms. The third-order valence-electron chi connectivity index (χ3n) is 0.556. The second-order valence-electron chi connectivity index (χ2n) is 1.28. The molecule has 0 aliphatic rings. The molecular weight excluding hydrogens is 240 g/mol. The second-order valence-corrected chi connectivity index (χ2v) is 2.97. The molecule has 0 aliphatic heterocycles. The van der Waals surface area contributed by atoms with Crippen LogP contribution < -0.4 is 0 Å². The van der Waals surface area contributed by atoms with Crippen LogP contribution in [0.4, 0.5) is 0 Å². The number of alkyl halides is 1. The van der Waals surface area contributed by atoms with Gasteiger partial charge < -0.3 is 0 Å². The average Bonchev–Trinajstić information content (AvgIpc) is 1.64. The molecule has 0 aromatic rings. The first-order chi connectivity index (χ1) is 3.55. The van der Waals surface area contributed by atoms with E-state index in [9.17, 15) is 9.59 Å². The fourth-order valence-corrected chi connectivity index (χ4v) is 0.482. The Bertz CT molecular complexity index is 107. The molecule has 2 nitrogen and oxygen atoms in total. The van der Waals surface area contributed by atoms with Crippen LogP contribution in [0.5, 0.6) is 0 Å². The number of halogens is 2. The molecule has 0 heterocycles. The Hall–Kier alpha value is 0.300. The first-order valence-corrected chi connectivity index (χ1v) is 3.60. The molecule has 1 atom stereocenters. The van der Waals surface area contributed by atoms with Crippen molar-refractivity contribution in [3.8, 4) is 0 Å². The molecule has 8 heavy (non-hydrogen) atoms. The summed E-state index contributed by atoms with van der Waals surface area (Å²) in [7, 11) is 0. The number of rotatable bonds is 2. The summed E-state index contributed by atoms with van der Waals surface area (Å²) in [4.78, 5) is 19.8. The topological polar surface area (TPSA) is 34.1 Å². The molecule has 0 aromatic carbocycles. The maximum absolute atomic E-state index is 10.3. The number of hydrogen-bond acceptors (Lipinski definition) is 2. The van der Waals surface area contributed by atoms with Gasteiger partial charge in [-0.05, 0) is 22.9 Å². The largest absolute Gasteiger partial charge is 0.298 e. The van der Waals surface area contributed by atoms with Gasteiger partial charge in [0.25, 0.3) is 0 Å². The van der Waals surface area contributed by atoms with E-state index in [-0.39, 0.29) is 10.5 Å². The minimum atomic E-state index is -0.678. The average molecular weight is 244 g/mol. The molecule has 4 heteroatoms. The molecule has 0 saturated heterocycles. The minimum Gasteiger partial charge on any atom is -0.298 e. The van der Waals surface area contributed by atoms with Crippen LogP contribution in [0.15, 0.2) is 0 Å². The molecule has 0 spiro atoms.